The third-order valence-electron chi connectivity index (χ3n) is 6.37. The van der Waals surface area contributed by atoms with Crippen LogP contribution in [0.2, 0.25) is 0 Å². The molecule has 0 bridgehead atoms. The summed E-state index contributed by atoms with van der Waals surface area (Å²) < 4.78 is 37.4. The number of hydrogen-bond donors (Lipinski definition) is 0. The van der Waals surface area contributed by atoms with Gasteiger partial charge in [0, 0.05) is 28.4 Å². The lowest BCUT2D eigenvalue weighted by atomic mass is 10.1. The Hall–Kier alpha value is -3.73. The van der Waals surface area contributed by atoms with E-state index in [0.717, 1.165) is 10.3 Å². The molecule has 0 N–H and O–H groups in total. The van der Waals surface area contributed by atoms with Crippen LogP contribution in [0, 0.1) is 13.8 Å². The molecule has 1 fully saturated rings. The fourth-order valence-corrected chi connectivity index (χ4v) is 6.44. The number of Topliss-reactive ketones (excluding diaryl/α,β-unsaturated/α-hetero) is 1. The summed E-state index contributed by atoms with van der Waals surface area (Å²) in [5.41, 5.74) is 2.24. The lowest BCUT2D eigenvalue weighted by Gasteiger charge is -2.16. The zero-order chi connectivity index (χ0) is 24.9. The molecule has 5 rings (SSSR count). The van der Waals surface area contributed by atoms with Gasteiger partial charge in [-0.2, -0.15) is 0 Å². The maximum atomic E-state index is 12.8. The molecule has 0 amide bonds. The van der Waals surface area contributed by atoms with E-state index in [-0.39, 0.29) is 23.1 Å². The van der Waals surface area contributed by atoms with Crippen molar-refractivity contribution in [2.24, 2.45) is 0 Å². The van der Waals surface area contributed by atoms with Crippen LogP contribution in [0.1, 0.15) is 34.2 Å². The Morgan fingerprint density at radius 2 is 2.00 bits per heavy atom. The second-order valence-corrected chi connectivity index (χ2v) is 11.0. The van der Waals surface area contributed by atoms with Gasteiger partial charge in [-0.3, -0.25) is 19.0 Å². The Kier molecular flexibility index (Phi) is 5.59. The van der Waals surface area contributed by atoms with Gasteiger partial charge < -0.3 is 13.7 Å². The Morgan fingerprint density at radius 3 is 2.74 bits per heavy atom. The van der Waals surface area contributed by atoms with Gasteiger partial charge in [0.1, 0.15) is 17.6 Å². The molecule has 1 unspecified atom stereocenters. The van der Waals surface area contributed by atoms with Crippen LogP contribution in [-0.2, 0) is 25.9 Å². The van der Waals surface area contributed by atoms with Gasteiger partial charge in [-0.25, -0.2) is 13.4 Å². The van der Waals surface area contributed by atoms with E-state index in [2.05, 4.69) is 4.98 Å². The maximum absolute atomic E-state index is 12.8. The molecule has 11 heteroatoms. The zero-order valence-electron chi connectivity index (χ0n) is 19.2. The molecule has 0 aliphatic carbocycles. The highest BCUT2D eigenvalue weighted by Gasteiger charge is 2.31. The van der Waals surface area contributed by atoms with Gasteiger partial charge in [-0.1, -0.05) is 12.1 Å². The number of benzene rings is 1. The molecule has 4 heterocycles. The van der Waals surface area contributed by atoms with Crippen molar-refractivity contribution < 1.29 is 27.2 Å². The van der Waals surface area contributed by atoms with Gasteiger partial charge in [0.25, 0.3) is 5.56 Å². The zero-order valence-corrected chi connectivity index (χ0v) is 20.0. The SMILES string of the molecule is Cc1cc(C(=O)COC(=O)Cn2cnc3c(oc4ccccc43)c2=O)c(C)n1C1CCS(=O)(=O)C1. The smallest absolute Gasteiger partial charge is 0.326 e. The average Bonchev–Trinajstić information content (AvgIpc) is 3.46. The number of hydrogen-bond acceptors (Lipinski definition) is 8. The number of aromatic nitrogens is 3. The number of furan rings is 1. The summed E-state index contributed by atoms with van der Waals surface area (Å²) in [6.45, 7) is 2.64. The fourth-order valence-electron chi connectivity index (χ4n) is 4.74. The highest BCUT2D eigenvalue weighted by Crippen LogP contribution is 2.29. The molecule has 35 heavy (non-hydrogen) atoms. The van der Waals surface area contributed by atoms with Gasteiger partial charge >= 0.3 is 5.97 Å². The van der Waals surface area contributed by atoms with Crippen molar-refractivity contribution in [3.8, 4) is 0 Å². The molecule has 1 aliphatic rings. The van der Waals surface area contributed by atoms with Gasteiger partial charge in [0.2, 0.25) is 11.4 Å². The van der Waals surface area contributed by atoms with Gasteiger partial charge in [0.05, 0.1) is 17.8 Å². The number of nitrogens with zero attached hydrogens (tertiary/aromatic N) is 3. The van der Waals surface area contributed by atoms with E-state index in [1.165, 1.54) is 6.33 Å². The van der Waals surface area contributed by atoms with Crippen LogP contribution < -0.4 is 5.56 Å². The molecule has 1 atom stereocenters. The number of carbonyl (C=O) groups excluding carboxylic acids is 2. The third kappa shape index (κ3) is 4.16. The van der Waals surface area contributed by atoms with E-state index < -0.39 is 40.3 Å². The Morgan fingerprint density at radius 1 is 1.23 bits per heavy atom. The van der Waals surface area contributed by atoms with Crippen molar-refractivity contribution in [3.05, 3.63) is 64.0 Å². The van der Waals surface area contributed by atoms with Crippen molar-refractivity contribution in [1.29, 1.82) is 0 Å². The number of aryl methyl sites for hydroxylation is 1. The molecule has 1 saturated heterocycles. The molecule has 1 aliphatic heterocycles. The van der Waals surface area contributed by atoms with Crippen LogP contribution in [0.5, 0.6) is 0 Å². The number of ether oxygens (including phenoxy) is 1. The minimum absolute atomic E-state index is 0.0407. The molecule has 4 aromatic rings. The predicted molar refractivity (Wildman–Crippen MR) is 127 cm³/mol. The average molecular weight is 498 g/mol. The van der Waals surface area contributed by atoms with E-state index >= 15 is 0 Å². The van der Waals surface area contributed by atoms with Gasteiger partial charge in [-0.15, -0.1) is 0 Å². The Bertz CT molecular complexity index is 1660. The summed E-state index contributed by atoms with van der Waals surface area (Å²) in [5.74, 6) is -1.00. The quantitative estimate of drug-likeness (QED) is 0.293. The van der Waals surface area contributed by atoms with Gasteiger partial charge in [-0.05, 0) is 38.5 Å². The molecule has 0 radical (unpaired) electrons. The van der Waals surface area contributed by atoms with Crippen molar-refractivity contribution in [2.45, 2.75) is 32.9 Å². The van der Waals surface area contributed by atoms with Crippen LogP contribution in [0.15, 0.2) is 45.9 Å². The molecular formula is C24H23N3O7S. The van der Waals surface area contributed by atoms with E-state index in [9.17, 15) is 22.8 Å². The third-order valence-corrected chi connectivity index (χ3v) is 8.12. The first-order valence-corrected chi connectivity index (χ1v) is 12.9. The van der Waals surface area contributed by atoms with Crippen molar-refractivity contribution in [1.82, 2.24) is 14.1 Å². The first-order valence-electron chi connectivity index (χ1n) is 11.1. The molecular weight excluding hydrogens is 474 g/mol. The summed E-state index contributed by atoms with van der Waals surface area (Å²) >= 11 is 0. The van der Waals surface area contributed by atoms with Gasteiger partial charge in [0.15, 0.2) is 16.4 Å². The molecule has 0 spiro atoms. The summed E-state index contributed by atoms with van der Waals surface area (Å²) in [6, 6.07) is 8.58. The van der Waals surface area contributed by atoms with E-state index in [1.54, 1.807) is 31.2 Å². The fraction of sp³-hybridized carbons (Fsp3) is 0.333. The molecule has 3 aromatic heterocycles. The minimum atomic E-state index is -3.08. The van der Waals surface area contributed by atoms with Crippen molar-refractivity contribution in [3.63, 3.8) is 0 Å². The molecule has 10 nitrogen and oxygen atoms in total. The maximum Gasteiger partial charge on any atom is 0.326 e. The lowest BCUT2D eigenvalue weighted by Crippen LogP contribution is -2.26. The highest BCUT2D eigenvalue weighted by atomic mass is 32.2. The summed E-state index contributed by atoms with van der Waals surface area (Å²) in [6.07, 6.45) is 1.75. The standard InChI is InChI=1S/C24H23N3O7S/c1-14-9-18(15(2)27(14)16-7-8-35(31,32)12-16)19(28)11-33-21(29)10-26-13-25-22-17-5-3-4-6-20(17)34-23(22)24(26)30/h3-6,9,13,16H,7-8,10-12H2,1-2H3. The second-order valence-electron chi connectivity index (χ2n) is 8.75. The highest BCUT2D eigenvalue weighted by molar-refractivity contribution is 7.91. The molecule has 1 aromatic carbocycles. The monoisotopic (exact) mass is 497 g/mol. The number of fused-ring (bicyclic) bond motifs is 3. The lowest BCUT2D eigenvalue weighted by molar-refractivity contribution is -0.143. The molecule has 0 saturated carbocycles. The molecule has 182 valence electrons. The Balaban J connectivity index is 1.28. The van der Waals surface area contributed by atoms with Crippen LogP contribution in [0.3, 0.4) is 0 Å². The normalized spacial score (nSPS) is 17.3. The number of carbonyl (C=O) groups is 2. The summed E-state index contributed by atoms with van der Waals surface area (Å²) in [5, 5.41) is 0.702. The van der Waals surface area contributed by atoms with Crippen molar-refractivity contribution >= 4 is 43.7 Å². The van der Waals surface area contributed by atoms with Crippen LogP contribution >= 0.6 is 0 Å². The number of esters is 1. The van der Waals surface area contributed by atoms with E-state index in [4.69, 9.17) is 9.15 Å². The van der Waals surface area contributed by atoms with Crippen LogP contribution in [0.4, 0.5) is 0 Å². The summed E-state index contributed by atoms with van der Waals surface area (Å²) in [4.78, 5) is 42.2. The number of rotatable bonds is 6. The first kappa shape index (κ1) is 23.0. The number of ketones is 1. The topological polar surface area (TPSA) is 130 Å². The van der Waals surface area contributed by atoms with E-state index in [0.29, 0.717) is 34.2 Å². The number of para-hydroxylation sites is 1. The second kappa shape index (κ2) is 8.49. The van der Waals surface area contributed by atoms with Crippen molar-refractivity contribution in [2.75, 3.05) is 18.1 Å². The predicted octanol–water partition coefficient (Wildman–Crippen LogP) is 2.35. The Labute approximate surface area is 200 Å². The number of sulfone groups is 1. The summed E-state index contributed by atoms with van der Waals surface area (Å²) in [7, 11) is -3.08. The van der Waals surface area contributed by atoms with Crippen LogP contribution in [0.25, 0.3) is 22.1 Å². The van der Waals surface area contributed by atoms with E-state index in [1.807, 2.05) is 17.6 Å². The van der Waals surface area contributed by atoms with Crippen LogP contribution in [-0.4, -0.2) is 52.4 Å². The first-order chi connectivity index (χ1) is 16.6. The minimum Gasteiger partial charge on any atom is -0.456 e. The largest absolute Gasteiger partial charge is 0.456 e.